The molecule has 78 valence electrons. The van der Waals surface area contributed by atoms with E-state index in [1.165, 1.54) is 11.3 Å². The van der Waals surface area contributed by atoms with Crippen LogP contribution < -0.4 is 5.73 Å². The average molecular weight is 279 g/mol. The maximum Gasteiger partial charge on any atom is 0.312 e. The van der Waals surface area contributed by atoms with Gasteiger partial charge in [0.2, 0.25) is 0 Å². The van der Waals surface area contributed by atoms with Crippen molar-refractivity contribution in [2.45, 2.75) is 19.8 Å². The minimum absolute atomic E-state index is 0.00898. The second kappa shape index (κ2) is 4.27. The van der Waals surface area contributed by atoms with E-state index in [-0.39, 0.29) is 5.92 Å². The maximum atomic E-state index is 11.0. The molecule has 0 amide bonds. The summed E-state index contributed by atoms with van der Waals surface area (Å²) in [6.07, 6.45) is 0. The summed E-state index contributed by atoms with van der Waals surface area (Å²) in [4.78, 5) is 15.0. The molecule has 0 saturated heterocycles. The van der Waals surface area contributed by atoms with Gasteiger partial charge in [0, 0.05) is 0 Å². The van der Waals surface area contributed by atoms with Crippen molar-refractivity contribution in [1.82, 2.24) is 4.98 Å². The molecule has 0 aliphatic carbocycles. The Kier molecular flexibility index (Phi) is 3.49. The van der Waals surface area contributed by atoms with Gasteiger partial charge in [-0.3, -0.25) is 4.79 Å². The molecule has 0 aromatic carbocycles. The maximum absolute atomic E-state index is 11.0. The lowest BCUT2D eigenvalue weighted by molar-refractivity contribution is -0.140. The van der Waals surface area contributed by atoms with Crippen LogP contribution in [0.4, 0.5) is 5.13 Å². The Hall–Kier alpha value is -0.620. The van der Waals surface area contributed by atoms with Gasteiger partial charge in [0.05, 0.1) is 9.48 Å². The van der Waals surface area contributed by atoms with Crippen LogP contribution in [0.25, 0.3) is 0 Å². The van der Waals surface area contributed by atoms with Crippen molar-refractivity contribution < 1.29 is 9.90 Å². The van der Waals surface area contributed by atoms with Crippen LogP contribution in [-0.2, 0) is 4.79 Å². The molecule has 0 aliphatic heterocycles. The number of anilines is 1. The first-order valence-electron chi connectivity index (χ1n) is 4.08. The number of nitrogens with two attached hydrogens (primary N) is 1. The average Bonchev–Trinajstić information content (AvgIpc) is 2.29. The van der Waals surface area contributed by atoms with Gasteiger partial charge in [-0.25, -0.2) is 4.98 Å². The van der Waals surface area contributed by atoms with Crippen molar-refractivity contribution in [3.8, 4) is 0 Å². The summed E-state index contributed by atoms with van der Waals surface area (Å²) in [7, 11) is 0. The van der Waals surface area contributed by atoms with E-state index in [0.717, 1.165) is 0 Å². The summed E-state index contributed by atoms with van der Waals surface area (Å²) in [5.74, 6) is -1.48. The van der Waals surface area contributed by atoms with Crippen LogP contribution in [0.15, 0.2) is 3.79 Å². The zero-order valence-corrected chi connectivity index (χ0v) is 10.2. The van der Waals surface area contributed by atoms with Crippen LogP contribution in [0.2, 0.25) is 0 Å². The SMILES string of the molecule is CC(C)C(C(=O)O)c1nc(N)sc1Br. The second-order valence-corrected chi connectivity index (χ2v) is 5.62. The standard InChI is InChI=1S/C8H11BrN2O2S/c1-3(2)4(7(12)13)5-6(9)14-8(10)11-5/h3-4H,1-2H3,(H2,10,11)(H,12,13). The Morgan fingerprint density at radius 3 is 2.50 bits per heavy atom. The van der Waals surface area contributed by atoms with Crippen molar-refractivity contribution in [2.24, 2.45) is 5.92 Å². The molecule has 1 atom stereocenters. The van der Waals surface area contributed by atoms with Gasteiger partial charge in [0.1, 0.15) is 5.92 Å². The number of aromatic nitrogens is 1. The van der Waals surface area contributed by atoms with Crippen LogP contribution in [0.1, 0.15) is 25.5 Å². The topological polar surface area (TPSA) is 76.2 Å². The number of carboxylic acids is 1. The number of aliphatic carboxylic acids is 1. The van der Waals surface area contributed by atoms with E-state index in [4.69, 9.17) is 10.8 Å². The fraction of sp³-hybridized carbons (Fsp3) is 0.500. The number of nitrogen functional groups attached to an aromatic ring is 1. The van der Waals surface area contributed by atoms with Gasteiger partial charge in [0.25, 0.3) is 0 Å². The van der Waals surface area contributed by atoms with Gasteiger partial charge in [-0.05, 0) is 21.8 Å². The fourth-order valence-corrected chi connectivity index (χ4v) is 2.68. The van der Waals surface area contributed by atoms with Crippen LogP contribution in [0.5, 0.6) is 0 Å². The van der Waals surface area contributed by atoms with Crippen molar-refractivity contribution in [3.63, 3.8) is 0 Å². The smallest absolute Gasteiger partial charge is 0.312 e. The molecular weight excluding hydrogens is 268 g/mol. The molecule has 1 rings (SSSR count). The fourth-order valence-electron chi connectivity index (χ4n) is 1.24. The first kappa shape index (κ1) is 11.5. The highest BCUT2D eigenvalue weighted by atomic mass is 79.9. The highest BCUT2D eigenvalue weighted by Crippen LogP contribution is 2.35. The Balaban J connectivity index is 3.11. The molecule has 1 heterocycles. The molecule has 4 nitrogen and oxygen atoms in total. The number of nitrogens with zero attached hydrogens (tertiary/aromatic N) is 1. The Bertz CT molecular complexity index is 351. The quantitative estimate of drug-likeness (QED) is 0.890. The molecule has 1 aromatic rings. The Labute approximate surface area is 94.3 Å². The van der Waals surface area contributed by atoms with E-state index < -0.39 is 11.9 Å². The van der Waals surface area contributed by atoms with Crippen molar-refractivity contribution in [2.75, 3.05) is 5.73 Å². The van der Waals surface area contributed by atoms with E-state index >= 15 is 0 Å². The van der Waals surface area contributed by atoms with E-state index in [2.05, 4.69) is 20.9 Å². The highest BCUT2D eigenvalue weighted by Gasteiger charge is 2.28. The third-order valence-electron chi connectivity index (χ3n) is 1.85. The van der Waals surface area contributed by atoms with Gasteiger partial charge < -0.3 is 10.8 Å². The first-order chi connectivity index (χ1) is 6.43. The zero-order chi connectivity index (χ0) is 10.9. The molecule has 0 bridgehead atoms. The normalized spacial score (nSPS) is 13.1. The number of thiazole rings is 1. The molecular formula is C8H11BrN2O2S. The number of rotatable bonds is 3. The monoisotopic (exact) mass is 278 g/mol. The third kappa shape index (κ3) is 2.24. The Morgan fingerprint density at radius 1 is 1.64 bits per heavy atom. The van der Waals surface area contributed by atoms with Gasteiger partial charge in [-0.15, -0.1) is 0 Å². The number of hydrogen-bond donors (Lipinski definition) is 2. The number of carbonyl (C=O) groups is 1. The minimum atomic E-state index is -0.869. The summed E-state index contributed by atoms with van der Waals surface area (Å²) >= 11 is 4.52. The van der Waals surface area contributed by atoms with Gasteiger partial charge >= 0.3 is 5.97 Å². The van der Waals surface area contributed by atoms with Gasteiger partial charge in [-0.2, -0.15) is 0 Å². The number of hydrogen-bond acceptors (Lipinski definition) is 4. The molecule has 0 saturated carbocycles. The van der Waals surface area contributed by atoms with E-state index in [9.17, 15) is 4.79 Å². The molecule has 6 heteroatoms. The van der Waals surface area contributed by atoms with Gasteiger partial charge in [0.15, 0.2) is 5.13 Å². The number of carboxylic acid groups (broad SMARTS) is 1. The molecule has 0 fully saturated rings. The molecule has 14 heavy (non-hydrogen) atoms. The van der Waals surface area contributed by atoms with E-state index in [1.54, 1.807) is 0 Å². The highest BCUT2D eigenvalue weighted by molar-refractivity contribution is 9.11. The predicted octanol–water partition coefficient (Wildman–Crippen LogP) is 2.31. The Morgan fingerprint density at radius 2 is 2.21 bits per heavy atom. The van der Waals surface area contributed by atoms with Crippen molar-refractivity contribution in [1.29, 1.82) is 0 Å². The van der Waals surface area contributed by atoms with Crippen LogP contribution >= 0.6 is 27.3 Å². The predicted molar refractivity (Wildman–Crippen MR) is 59.4 cm³/mol. The van der Waals surface area contributed by atoms with Gasteiger partial charge in [-0.1, -0.05) is 25.2 Å². The molecule has 0 spiro atoms. The lowest BCUT2D eigenvalue weighted by atomic mass is 9.93. The van der Waals surface area contributed by atoms with Crippen molar-refractivity contribution in [3.05, 3.63) is 9.48 Å². The first-order valence-corrected chi connectivity index (χ1v) is 5.69. The zero-order valence-electron chi connectivity index (χ0n) is 7.82. The van der Waals surface area contributed by atoms with Crippen LogP contribution in [0, 0.1) is 5.92 Å². The molecule has 1 aromatic heterocycles. The molecule has 3 N–H and O–H groups in total. The second-order valence-electron chi connectivity index (χ2n) is 3.27. The molecule has 0 radical (unpaired) electrons. The summed E-state index contributed by atoms with van der Waals surface area (Å²) in [6, 6.07) is 0. The summed E-state index contributed by atoms with van der Waals surface area (Å²) in [5.41, 5.74) is 6.03. The summed E-state index contributed by atoms with van der Waals surface area (Å²) < 4.78 is 0.705. The third-order valence-corrected chi connectivity index (χ3v) is 3.43. The molecule has 1 unspecified atom stereocenters. The molecule has 0 aliphatic rings. The summed E-state index contributed by atoms with van der Waals surface area (Å²) in [5, 5.41) is 9.42. The van der Waals surface area contributed by atoms with Crippen molar-refractivity contribution >= 4 is 38.4 Å². The van der Waals surface area contributed by atoms with E-state index in [0.29, 0.717) is 14.6 Å². The summed E-state index contributed by atoms with van der Waals surface area (Å²) in [6.45, 7) is 3.70. The lowest BCUT2D eigenvalue weighted by Crippen LogP contribution is -2.18. The van der Waals surface area contributed by atoms with E-state index in [1.807, 2.05) is 13.8 Å². The largest absolute Gasteiger partial charge is 0.481 e. The van der Waals surface area contributed by atoms with Crippen LogP contribution in [-0.4, -0.2) is 16.1 Å². The lowest BCUT2D eigenvalue weighted by Gasteiger charge is -2.13. The minimum Gasteiger partial charge on any atom is -0.481 e. The van der Waals surface area contributed by atoms with Crippen LogP contribution in [0.3, 0.4) is 0 Å². The number of halogens is 1.